The van der Waals surface area contributed by atoms with Crippen LogP contribution in [0.4, 0.5) is 0 Å². The molecule has 0 saturated heterocycles. The van der Waals surface area contributed by atoms with Gasteiger partial charge in [-0.2, -0.15) is 0 Å². The van der Waals surface area contributed by atoms with Crippen molar-refractivity contribution in [3.05, 3.63) is 0 Å². The number of carbonyl (C=O) groups excluding carboxylic acids is 1. The second-order valence-corrected chi connectivity index (χ2v) is 5.03. The number of carbonyl (C=O) groups is 1. The zero-order valence-corrected chi connectivity index (χ0v) is 10.4. The fourth-order valence-electron chi connectivity index (χ4n) is 2.35. The SMILES string of the molecule is CC(O)CCC(=O)NCCCC1CCCC1. The molecule has 0 aromatic heterocycles. The molecule has 0 spiro atoms. The van der Waals surface area contributed by atoms with Crippen molar-refractivity contribution in [1.29, 1.82) is 0 Å². The predicted molar refractivity (Wildman–Crippen MR) is 65.1 cm³/mol. The van der Waals surface area contributed by atoms with E-state index in [0.29, 0.717) is 12.8 Å². The zero-order chi connectivity index (χ0) is 11.8. The summed E-state index contributed by atoms with van der Waals surface area (Å²) < 4.78 is 0. The smallest absolute Gasteiger partial charge is 0.220 e. The van der Waals surface area contributed by atoms with Crippen LogP contribution < -0.4 is 5.32 Å². The first-order chi connectivity index (χ1) is 7.68. The molecule has 94 valence electrons. The van der Waals surface area contributed by atoms with Crippen molar-refractivity contribution < 1.29 is 9.90 Å². The standard InChI is InChI=1S/C13H25NO2/c1-11(15)8-9-13(16)14-10-4-7-12-5-2-3-6-12/h11-12,15H,2-10H2,1H3,(H,14,16). The van der Waals surface area contributed by atoms with Crippen molar-refractivity contribution in [2.24, 2.45) is 5.92 Å². The molecule has 0 aromatic carbocycles. The van der Waals surface area contributed by atoms with E-state index in [1.54, 1.807) is 6.92 Å². The van der Waals surface area contributed by atoms with E-state index < -0.39 is 0 Å². The Morgan fingerprint density at radius 3 is 2.75 bits per heavy atom. The van der Waals surface area contributed by atoms with Gasteiger partial charge in [0.2, 0.25) is 5.91 Å². The molecule has 3 heteroatoms. The van der Waals surface area contributed by atoms with Gasteiger partial charge in [0.1, 0.15) is 0 Å². The molecule has 1 atom stereocenters. The molecule has 1 saturated carbocycles. The molecule has 0 aromatic rings. The summed E-state index contributed by atoms with van der Waals surface area (Å²) in [5.74, 6) is 0.988. The van der Waals surface area contributed by atoms with Crippen LogP contribution in [-0.4, -0.2) is 23.7 Å². The van der Waals surface area contributed by atoms with Crippen LogP contribution >= 0.6 is 0 Å². The van der Waals surface area contributed by atoms with Gasteiger partial charge in [0.05, 0.1) is 6.10 Å². The van der Waals surface area contributed by atoms with E-state index in [0.717, 1.165) is 18.9 Å². The first-order valence-corrected chi connectivity index (χ1v) is 6.63. The summed E-state index contributed by atoms with van der Waals surface area (Å²) in [7, 11) is 0. The Morgan fingerprint density at radius 1 is 1.44 bits per heavy atom. The molecule has 0 aliphatic heterocycles. The molecule has 0 heterocycles. The molecule has 1 amide bonds. The minimum atomic E-state index is -0.371. The van der Waals surface area contributed by atoms with Crippen LogP contribution in [0, 0.1) is 5.92 Å². The Kier molecular flexibility index (Phi) is 6.46. The summed E-state index contributed by atoms with van der Waals surface area (Å²) >= 11 is 0. The van der Waals surface area contributed by atoms with Gasteiger partial charge in [-0.15, -0.1) is 0 Å². The van der Waals surface area contributed by atoms with Gasteiger partial charge in [-0.1, -0.05) is 25.7 Å². The zero-order valence-electron chi connectivity index (χ0n) is 10.4. The van der Waals surface area contributed by atoms with Gasteiger partial charge in [0, 0.05) is 13.0 Å². The first-order valence-electron chi connectivity index (χ1n) is 6.63. The second-order valence-electron chi connectivity index (χ2n) is 5.03. The van der Waals surface area contributed by atoms with E-state index in [-0.39, 0.29) is 12.0 Å². The number of amides is 1. The number of hydrogen-bond donors (Lipinski definition) is 2. The van der Waals surface area contributed by atoms with E-state index in [1.165, 1.54) is 32.1 Å². The summed E-state index contributed by atoms with van der Waals surface area (Å²) in [5.41, 5.74) is 0. The number of aliphatic hydroxyl groups is 1. The van der Waals surface area contributed by atoms with Gasteiger partial charge in [0.25, 0.3) is 0 Å². The van der Waals surface area contributed by atoms with E-state index in [4.69, 9.17) is 5.11 Å². The number of rotatable bonds is 7. The topological polar surface area (TPSA) is 49.3 Å². The molecular formula is C13H25NO2. The number of aliphatic hydroxyl groups excluding tert-OH is 1. The van der Waals surface area contributed by atoms with Crippen LogP contribution in [-0.2, 0) is 4.79 Å². The maximum absolute atomic E-state index is 11.3. The van der Waals surface area contributed by atoms with E-state index in [1.807, 2.05) is 0 Å². The Hall–Kier alpha value is -0.570. The van der Waals surface area contributed by atoms with Crippen LogP contribution in [0.5, 0.6) is 0 Å². The van der Waals surface area contributed by atoms with Gasteiger partial charge < -0.3 is 10.4 Å². The van der Waals surface area contributed by atoms with Crippen molar-refractivity contribution in [1.82, 2.24) is 5.32 Å². The van der Waals surface area contributed by atoms with E-state index in [2.05, 4.69) is 5.32 Å². The maximum atomic E-state index is 11.3. The van der Waals surface area contributed by atoms with Gasteiger partial charge in [-0.3, -0.25) is 4.79 Å². The Balaban J connectivity index is 1.91. The maximum Gasteiger partial charge on any atom is 0.220 e. The summed E-state index contributed by atoms with van der Waals surface area (Å²) in [4.78, 5) is 11.3. The van der Waals surface area contributed by atoms with Crippen molar-refractivity contribution >= 4 is 5.91 Å². The summed E-state index contributed by atoms with van der Waals surface area (Å²) in [6, 6.07) is 0. The fourth-order valence-corrected chi connectivity index (χ4v) is 2.35. The van der Waals surface area contributed by atoms with Crippen molar-refractivity contribution in [2.45, 2.75) is 64.4 Å². The van der Waals surface area contributed by atoms with Crippen LogP contribution in [0.15, 0.2) is 0 Å². The molecule has 1 fully saturated rings. The highest BCUT2D eigenvalue weighted by Crippen LogP contribution is 2.28. The average molecular weight is 227 g/mol. The van der Waals surface area contributed by atoms with Crippen molar-refractivity contribution in [2.75, 3.05) is 6.54 Å². The molecule has 1 aliphatic carbocycles. The predicted octanol–water partition coefficient (Wildman–Crippen LogP) is 2.23. The highest BCUT2D eigenvalue weighted by molar-refractivity contribution is 5.75. The first kappa shape index (κ1) is 13.5. The van der Waals surface area contributed by atoms with Crippen LogP contribution in [0.2, 0.25) is 0 Å². The highest BCUT2D eigenvalue weighted by atomic mass is 16.3. The molecule has 2 N–H and O–H groups in total. The van der Waals surface area contributed by atoms with Gasteiger partial charge in [0.15, 0.2) is 0 Å². The van der Waals surface area contributed by atoms with Crippen LogP contribution in [0.3, 0.4) is 0 Å². The Labute approximate surface area is 98.6 Å². The molecule has 16 heavy (non-hydrogen) atoms. The summed E-state index contributed by atoms with van der Waals surface area (Å²) in [5, 5.41) is 11.9. The lowest BCUT2D eigenvalue weighted by Gasteiger charge is -2.09. The van der Waals surface area contributed by atoms with Gasteiger partial charge >= 0.3 is 0 Å². The lowest BCUT2D eigenvalue weighted by Crippen LogP contribution is -2.25. The van der Waals surface area contributed by atoms with Gasteiger partial charge in [-0.25, -0.2) is 0 Å². The number of hydrogen-bond acceptors (Lipinski definition) is 2. The van der Waals surface area contributed by atoms with E-state index in [9.17, 15) is 4.79 Å². The summed E-state index contributed by atoms with van der Waals surface area (Å²) in [6.45, 7) is 2.52. The molecule has 1 aliphatic rings. The van der Waals surface area contributed by atoms with Crippen LogP contribution in [0.1, 0.15) is 58.3 Å². The Morgan fingerprint density at radius 2 is 2.12 bits per heavy atom. The Bertz CT molecular complexity index is 198. The lowest BCUT2D eigenvalue weighted by atomic mass is 10.0. The fraction of sp³-hybridized carbons (Fsp3) is 0.923. The third kappa shape index (κ3) is 6.11. The molecular weight excluding hydrogens is 202 g/mol. The molecule has 0 radical (unpaired) electrons. The average Bonchev–Trinajstić information content (AvgIpc) is 2.74. The third-order valence-electron chi connectivity index (χ3n) is 3.38. The largest absolute Gasteiger partial charge is 0.393 e. The highest BCUT2D eigenvalue weighted by Gasteiger charge is 2.14. The molecule has 1 rings (SSSR count). The minimum absolute atomic E-state index is 0.0762. The minimum Gasteiger partial charge on any atom is -0.393 e. The number of nitrogens with one attached hydrogen (secondary N) is 1. The quantitative estimate of drug-likeness (QED) is 0.655. The van der Waals surface area contributed by atoms with Crippen molar-refractivity contribution in [3.63, 3.8) is 0 Å². The normalized spacial score (nSPS) is 18.6. The second kappa shape index (κ2) is 7.66. The van der Waals surface area contributed by atoms with Crippen LogP contribution in [0.25, 0.3) is 0 Å². The third-order valence-corrected chi connectivity index (χ3v) is 3.38. The monoisotopic (exact) mass is 227 g/mol. The van der Waals surface area contributed by atoms with Crippen molar-refractivity contribution in [3.8, 4) is 0 Å². The summed E-state index contributed by atoms with van der Waals surface area (Å²) in [6.07, 6.45) is 8.56. The lowest BCUT2D eigenvalue weighted by molar-refractivity contribution is -0.121. The molecule has 0 bridgehead atoms. The molecule has 3 nitrogen and oxygen atoms in total. The molecule has 1 unspecified atom stereocenters. The van der Waals surface area contributed by atoms with Gasteiger partial charge in [-0.05, 0) is 32.1 Å². The van der Waals surface area contributed by atoms with E-state index >= 15 is 0 Å².